The average Bonchev–Trinajstić information content (AvgIpc) is 3.11. The third-order valence-electron chi connectivity index (χ3n) is 4.98. The van der Waals surface area contributed by atoms with E-state index in [1.165, 1.54) is 0 Å². The number of hydrogen-bond donors (Lipinski definition) is 0. The lowest BCUT2D eigenvalue weighted by molar-refractivity contribution is 0.793. The Morgan fingerprint density at radius 1 is 0.929 bits per heavy atom. The lowest BCUT2D eigenvalue weighted by atomic mass is 10.2. The minimum absolute atomic E-state index is 0.127. The van der Waals surface area contributed by atoms with Gasteiger partial charge in [-0.3, -0.25) is 9.20 Å². The van der Waals surface area contributed by atoms with Gasteiger partial charge in [0.2, 0.25) is 5.43 Å². The van der Waals surface area contributed by atoms with Crippen LogP contribution >= 0.6 is 0 Å². The molecular formula is C22H19N5O. The molecule has 0 saturated heterocycles. The monoisotopic (exact) mass is 369 g/mol. The van der Waals surface area contributed by atoms with E-state index in [9.17, 15) is 4.79 Å². The van der Waals surface area contributed by atoms with Crippen LogP contribution in [0.25, 0.3) is 33.4 Å². The molecule has 5 rings (SSSR count). The number of rotatable bonds is 3. The Kier molecular flexibility index (Phi) is 3.72. The van der Waals surface area contributed by atoms with Gasteiger partial charge in [0.1, 0.15) is 16.9 Å². The largest absolute Gasteiger partial charge is 0.287 e. The van der Waals surface area contributed by atoms with Crippen molar-refractivity contribution in [2.75, 3.05) is 0 Å². The van der Waals surface area contributed by atoms with Gasteiger partial charge in [-0.1, -0.05) is 37.3 Å². The molecule has 0 radical (unpaired) electrons. The summed E-state index contributed by atoms with van der Waals surface area (Å²) in [5.41, 5.74) is 4.19. The van der Waals surface area contributed by atoms with E-state index in [0.29, 0.717) is 22.4 Å². The Morgan fingerprint density at radius 2 is 1.68 bits per heavy atom. The third kappa shape index (κ3) is 2.34. The van der Waals surface area contributed by atoms with Crippen molar-refractivity contribution in [1.29, 1.82) is 0 Å². The summed E-state index contributed by atoms with van der Waals surface area (Å²) in [6.45, 7) is 3.86. The average molecular weight is 369 g/mol. The molecule has 0 fully saturated rings. The number of imidazole rings is 1. The van der Waals surface area contributed by atoms with E-state index >= 15 is 0 Å². The standard InChI is InChI=1S/C22H19N5O/c1-3-9-18-24-22-19(21-23-16-12-7-8-13-17(16)26(18)21)20(28)14(2)25-27(22)15-10-5-4-6-11-15/h4-8,10-13H,3,9H2,1-2H3. The van der Waals surface area contributed by atoms with Crippen molar-refractivity contribution in [3.63, 3.8) is 0 Å². The fraction of sp³-hybridized carbons (Fsp3) is 0.182. The zero-order chi connectivity index (χ0) is 19.3. The summed E-state index contributed by atoms with van der Waals surface area (Å²) in [6, 6.07) is 17.7. The van der Waals surface area contributed by atoms with Gasteiger partial charge in [-0.25, -0.2) is 14.6 Å². The van der Waals surface area contributed by atoms with Crippen molar-refractivity contribution in [2.45, 2.75) is 26.7 Å². The van der Waals surface area contributed by atoms with Crippen molar-refractivity contribution in [3.8, 4) is 5.69 Å². The predicted octanol–water partition coefficient (Wildman–Crippen LogP) is 3.84. The van der Waals surface area contributed by atoms with E-state index in [1.54, 1.807) is 11.6 Å². The van der Waals surface area contributed by atoms with Crippen LogP contribution < -0.4 is 5.43 Å². The summed E-state index contributed by atoms with van der Waals surface area (Å²) in [5.74, 6) is 0.883. The van der Waals surface area contributed by atoms with Crippen LogP contribution in [-0.4, -0.2) is 24.1 Å². The fourth-order valence-electron chi connectivity index (χ4n) is 3.70. The van der Waals surface area contributed by atoms with Crippen LogP contribution in [0.4, 0.5) is 0 Å². The summed E-state index contributed by atoms with van der Waals surface area (Å²) >= 11 is 0. The molecule has 3 aromatic heterocycles. The van der Waals surface area contributed by atoms with E-state index in [4.69, 9.17) is 9.97 Å². The number of para-hydroxylation sites is 3. The van der Waals surface area contributed by atoms with Crippen molar-refractivity contribution in [1.82, 2.24) is 24.1 Å². The van der Waals surface area contributed by atoms with Crippen molar-refractivity contribution in [2.24, 2.45) is 0 Å². The first-order valence-electron chi connectivity index (χ1n) is 9.44. The second-order valence-electron chi connectivity index (χ2n) is 6.90. The smallest absolute Gasteiger partial charge is 0.216 e. The predicted molar refractivity (Wildman–Crippen MR) is 110 cm³/mol. The maximum absolute atomic E-state index is 13.1. The molecule has 0 unspecified atom stereocenters. The molecule has 0 aliphatic heterocycles. The molecule has 6 heteroatoms. The van der Waals surface area contributed by atoms with Crippen LogP contribution in [0.5, 0.6) is 0 Å². The molecule has 5 aromatic rings. The van der Waals surface area contributed by atoms with Gasteiger partial charge < -0.3 is 0 Å². The van der Waals surface area contributed by atoms with E-state index in [-0.39, 0.29) is 5.43 Å². The van der Waals surface area contributed by atoms with E-state index in [0.717, 1.165) is 35.4 Å². The number of aromatic nitrogens is 5. The molecule has 0 atom stereocenters. The first-order chi connectivity index (χ1) is 13.7. The Morgan fingerprint density at radius 3 is 2.46 bits per heavy atom. The van der Waals surface area contributed by atoms with Gasteiger partial charge in [0.15, 0.2) is 11.3 Å². The second-order valence-corrected chi connectivity index (χ2v) is 6.90. The fourth-order valence-corrected chi connectivity index (χ4v) is 3.70. The topological polar surface area (TPSA) is 65.1 Å². The first kappa shape index (κ1) is 16.6. The van der Waals surface area contributed by atoms with Gasteiger partial charge in [0.25, 0.3) is 0 Å². The quantitative estimate of drug-likeness (QED) is 0.485. The van der Waals surface area contributed by atoms with Crippen LogP contribution in [0.15, 0.2) is 59.4 Å². The van der Waals surface area contributed by atoms with Crippen molar-refractivity contribution >= 4 is 27.7 Å². The first-order valence-corrected chi connectivity index (χ1v) is 9.44. The highest BCUT2D eigenvalue weighted by molar-refractivity contribution is 5.95. The highest BCUT2D eigenvalue weighted by Crippen LogP contribution is 2.24. The summed E-state index contributed by atoms with van der Waals surface area (Å²) in [5, 5.41) is 5.04. The van der Waals surface area contributed by atoms with E-state index < -0.39 is 0 Å². The molecule has 0 aliphatic carbocycles. The molecule has 3 heterocycles. The highest BCUT2D eigenvalue weighted by Gasteiger charge is 2.20. The maximum atomic E-state index is 13.1. The van der Waals surface area contributed by atoms with Gasteiger partial charge in [-0.05, 0) is 37.6 Å². The van der Waals surface area contributed by atoms with Crippen LogP contribution in [0.1, 0.15) is 24.9 Å². The van der Waals surface area contributed by atoms with Gasteiger partial charge in [-0.15, -0.1) is 0 Å². The van der Waals surface area contributed by atoms with E-state index in [1.807, 2.05) is 59.0 Å². The van der Waals surface area contributed by atoms with Gasteiger partial charge in [0, 0.05) is 6.42 Å². The highest BCUT2D eigenvalue weighted by atomic mass is 16.1. The lowest BCUT2D eigenvalue weighted by Crippen LogP contribution is -2.19. The molecule has 6 nitrogen and oxygen atoms in total. The summed E-state index contributed by atoms with van der Waals surface area (Å²) in [6.07, 6.45) is 1.72. The zero-order valence-electron chi connectivity index (χ0n) is 15.8. The van der Waals surface area contributed by atoms with E-state index in [2.05, 4.69) is 12.0 Å². The molecule has 138 valence electrons. The molecule has 0 N–H and O–H groups in total. The second kappa shape index (κ2) is 6.27. The number of fused-ring (bicyclic) bond motifs is 5. The zero-order valence-corrected chi connectivity index (χ0v) is 15.8. The molecule has 0 aliphatic rings. The summed E-state index contributed by atoms with van der Waals surface area (Å²) in [4.78, 5) is 22.8. The van der Waals surface area contributed by atoms with Crippen LogP contribution in [0.3, 0.4) is 0 Å². The Hall–Kier alpha value is -3.54. The Balaban J connectivity index is 2.04. The summed E-state index contributed by atoms with van der Waals surface area (Å²) < 4.78 is 3.78. The minimum Gasteiger partial charge on any atom is -0.287 e. The Labute approximate surface area is 161 Å². The SMILES string of the molecule is CCCc1nc2c(c(=O)c(C)nn2-c2ccccc2)c2nc3ccccc3n12. The minimum atomic E-state index is -0.127. The van der Waals surface area contributed by atoms with Gasteiger partial charge in [-0.2, -0.15) is 5.10 Å². The van der Waals surface area contributed by atoms with Gasteiger partial charge >= 0.3 is 0 Å². The number of benzene rings is 2. The molecule has 0 amide bonds. The van der Waals surface area contributed by atoms with Gasteiger partial charge in [0.05, 0.1) is 16.7 Å². The molecule has 0 bridgehead atoms. The number of nitrogens with zero attached hydrogens (tertiary/aromatic N) is 5. The molecular weight excluding hydrogens is 350 g/mol. The van der Waals surface area contributed by atoms with Crippen LogP contribution in [0.2, 0.25) is 0 Å². The maximum Gasteiger partial charge on any atom is 0.216 e. The third-order valence-corrected chi connectivity index (χ3v) is 4.98. The number of aryl methyl sites for hydroxylation is 2. The lowest BCUT2D eigenvalue weighted by Gasteiger charge is -2.13. The molecule has 0 spiro atoms. The van der Waals surface area contributed by atoms with Crippen molar-refractivity contribution in [3.05, 3.63) is 76.3 Å². The molecule has 0 saturated carbocycles. The normalized spacial score (nSPS) is 11.6. The van der Waals surface area contributed by atoms with Crippen LogP contribution in [-0.2, 0) is 6.42 Å². The molecule has 2 aromatic carbocycles. The van der Waals surface area contributed by atoms with Crippen LogP contribution in [0, 0.1) is 6.92 Å². The molecule has 28 heavy (non-hydrogen) atoms. The Bertz CT molecular complexity index is 1400. The summed E-state index contributed by atoms with van der Waals surface area (Å²) in [7, 11) is 0. The van der Waals surface area contributed by atoms with Crippen molar-refractivity contribution < 1.29 is 0 Å². The number of hydrogen-bond acceptors (Lipinski definition) is 4.